The first kappa shape index (κ1) is 16.1. The Morgan fingerprint density at radius 2 is 2.09 bits per heavy atom. The van der Waals surface area contributed by atoms with Gasteiger partial charge in [0.1, 0.15) is 5.76 Å². The highest BCUT2D eigenvalue weighted by Gasteiger charge is 2.25. The Morgan fingerprint density at radius 3 is 2.78 bits per heavy atom. The lowest BCUT2D eigenvalue weighted by molar-refractivity contribution is 0.0118. The van der Waals surface area contributed by atoms with Crippen molar-refractivity contribution < 1.29 is 13.9 Å². The van der Waals surface area contributed by atoms with Gasteiger partial charge in [0.2, 0.25) is 0 Å². The quantitative estimate of drug-likeness (QED) is 0.913. The molecular weight excluding hydrogens is 316 g/mol. The van der Waals surface area contributed by atoms with Gasteiger partial charge < -0.3 is 14.5 Å². The number of rotatable bonds is 5. The van der Waals surface area contributed by atoms with Gasteiger partial charge in [0.25, 0.3) is 5.91 Å². The number of halogens is 1. The fourth-order valence-corrected chi connectivity index (χ4v) is 2.89. The van der Waals surface area contributed by atoms with Gasteiger partial charge >= 0.3 is 0 Å². The molecule has 0 aliphatic carbocycles. The lowest BCUT2D eigenvalue weighted by Crippen LogP contribution is -2.43. The van der Waals surface area contributed by atoms with Gasteiger partial charge in [0, 0.05) is 30.2 Å². The summed E-state index contributed by atoms with van der Waals surface area (Å²) in [6.45, 7) is 3.49. The van der Waals surface area contributed by atoms with Crippen LogP contribution in [0.5, 0.6) is 0 Å². The molecule has 1 fully saturated rings. The molecule has 1 aliphatic heterocycles. The summed E-state index contributed by atoms with van der Waals surface area (Å²) in [6, 6.07) is 10.7. The molecule has 0 bridgehead atoms. The molecular formula is C17H19ClN2O3. The van der Waals surface area contributed by atoms with E-state index in [-0.39, 0.29) is 11.9 Å². The van der Waals surface area contributed by atoms with Crippen molar-refractivity contribution in [2.75, 3.05) is 32.8 Å². The summed E-state index contributed by atoms with van der Waals surface area (Å²) in [6.07, 6.45) is 1.65. The van der Waals surface area contributed by atoms with Crippen molar-refractivity contribution >= 4 is 17.5 Å². The summed E-state index contributed by atoms with van der Waals surface area (Å²) < 4.78 is 11.0. The number of ether oxygens (including phenoxy) is 1. The number of hydrogen-bond donors (Lipinski definition) is 1. The summed E-state index contributed by atoms with van der Waals surface area (Å²) in [5.74, 6) is 0.704. The summed E-state index contributed by atoms with van der Waals surface area (Å²) in [4.78, 5) is 14.6. The normalized spacial score (nSPS) is 16.9. The highest BCUT2D eigenvalue weighted by atomic mass is 35.5. The van der Waals surface area contributed by atoms with Crippen molar-refractivity contribution in [1.82, 2.24) is 10.2 Å². The van der Waals surface area contributed by atoms with Crippen LogP contribution in [0.3, 0.4) is 0 Å². The van der Waals surface area contributed by atoms with Crippen molar-refractivity contribution in [3.05, 3.63) is 59.0 Å². The summed E-state index contributed by atoms with van der Waals surface area (Å²) in [5.41, 5.74) is 0.553. The van der Waals surface area contributed by atoms with Crippen molar-refractivity contribution in [3.63, 3.8) is 0 Å². The molecule has 1 N–H and O–H groups in total. The molecule has 1 saturated heterocycles. The van der Waals surface area contributed by atoms with E-state index in [9.17, 15) is 4.79 Å². The van der Waals surface area contributed by atoms with Crippen LogP contribution < -0.4 is 5.32 Å². The smallest absolute Gasteiger partial charge is 0.251 e. The first-order valence-corrected chi connectivity index (χ1v) is 8.01. The Hall–Kier alpha value is -1.82. The number of morpholine rings is 1. The summed E-state index contributed by atoms with van der Waals surface area (Å²) in [5, 5.41) is 3.52. The molecule has 1 aromatic carbocycles. The van der Waals surface area contributed by atoms with Gasteiger partial charge in [-0.2, -0.15) is 0 Å². The maximum atomic E-state index is 12.3. The van der Waals surface area contributed by atoms with Crippen molar-refractivity contribution in [3.8, 4) is 0 Å². The average molecular weight is 335 g/mol. The third-order valence-electron chi connectivity index (χ3n) is 3.90. The molecule has 0 saturated carbocycles. The average Bonchev–Trinajstić information content (AvgIpc) is 3.10. The maximum Gasteiger partial charge on any atom is 0.251 e. The number of furan rings is 1. The minimum absolute atomic E-state index is 0.00275. The Kier molecular flexibility index (Phi) is 5.33. The number of carbonyl (C=O) groups excluding carboxylic acids is 1. The second-order valence-electron chi connectivity index (χ2n) is 5.40. The largest absolute Gasteiger partial charge is 0.468 e. The van der Waals surface area contributed by atoms with Gasteiger partial charge in [0.15, 0.2) is 0 Å². The molecule has 23 heavy (non-hydrogen) atoms. The maximum absolute atomic E-state index is 12.3. The van der Waals surface area contributed by atoms with Crippen LogP contribution in [-0.2, 0) is 4.74 Å². The van der Waals surface area contributed by atoms with Crippen molar-refractivity contribution in [1.29, 1.82) is 0 Å². The number of hydrogen-bond acceptors (Lipinski definition) is 4. The Morgan fingerprint density at radius 1 is 1.26 bits per heavy atom. The van der Waals surface area contributed by atoms with Crippen LogP contribution in [0, 0.1) is 0 Å². The standard InChI is InChI=1S/C17H19ClN2O3/c18-14-4-1-3-13(11-14)17(21)19-12-15(16-5-2-8-23-16)20-6-9-22-10-7-20/h1-5,8,11,15H,6-7,9-10,12H2,(H,19,21)/t15-/m1/s1. The number of nitrogens with one attached hydrogen (secondary N) is 1. The summed E-state index contributed by atoms with van der Waals surface area (Å²) >= 11 is 5.94. The number of nitrogens with zero attached hydrogens (tertiary/aromatic N) is 1. The van der Waals surface area contributed by atoms with Gasteiger partial charge in [-0.3, -0.25) is 9.69 Å². The number of carbonyl (C=O) groups is 1. The van der Waals surface area contributed by atoms with Crippen LogP contribution in [0.4, 0.5) is 0 Å². The zero-order valence-corrected chi connectivity index (χ0v) is 13.5. The molecule has 2 aromatic rings. The lowest BCUT2D eigenvalue weighted by Gasteiger charge is -2.33. The fourth-order valence-electron chi connectivity index (χ4n) is 2.70. The van der Waals surface area contributed by atoms with Gasteiger partial charge in [-0.1, -0.05) is 17.7 Å². The van der Waals surface area contributed by atoms with E-state index in [2.05, 4.69) is 10.2 Å². The van der Waals surface area contributed by atoms with Crippen LogP contribution in [0.1, 0.15) is 22.2 Å². The third kappa shape index (κ3) is 4.13. The molecule has 1 atom stereocenters. The predicted molar refractivity (Wildman–Crippen MR) is 87.6 cm³/mol. The topological polar surface area (TPSA) is 54.7 Å². The Labute approximate surface area is 140 Å². The first-order valence-electron chi connectivity index (χ1n) is 7.63. The van der Waals surface area contributed by atoms with Crippen LogP contribution in [0.2, 0.25) is 5.02 Å². The monoisotopic (exact) mass is 334 g/mol. The minimum atomic E-state index is -0.141. The van der Waals surface area contributed by atoms with E-state index >= 15 is 0 Å². The van der Waals surface area contributed by atoms with E-state index in [0.717, 1.165) is 18.8 Å². The molecule has 1 aromatic heterocycles. The summed E-state index contributed by atoms with van der Waals surface area (Å²) in [7, 11) is 0. The van der Waals surface area contributed by atoms with E-state index in [4.69, 9.17) is 20.8 Å². The van der Waals surface area contributed by atoms with E-state index in [1.165, 1.54) is 0 Å². The second kappa shape index (κ2) is 7.64. The van der Waals surface area contributed by atoms with E-state index in [0.29, 0.717) is 30.3 Å². The van der Waals surface area contributed by atoms with E-state index < -0.39 is 0 Å². The minimum Gasteiger partial charge on any atom is -0.468 e. The van der Waals surface area contributed by atoms with E-state index in [1.54, 1.807) is 30.5 Å². The second-order valence-corrected chi connectivity index (χ2v) is 5.84. The zero-order chi connectivity index (χ0) is 16.1. The molecule has 1 amide bonds. The van der Waals surface area contributed by atoms with Crippen molar-refractivity contribution in [2.45, 2.75) is 6.04 Å². The molecule has 6 heteroatoms. The van der Waals surface area contributed by atoms with Crippen LogP contribution in [0.15, 0.2) is 47.1 Å². The molecule has 0 spiro atoms. The molecule has 1 aliphatic rings. The first-order chi connectivity index (χ1) is 11.2. The SMILES string of the molecule is O=C(NC[C@H](c1ccco1)N1CCOCC1)c1cccc(Cl)c1. The molecule has 2 heterocycles. The van der Waals surface area contributed by atoms with Gasteiger partial charge in [-0.25, -0.2) is 0 Å². The highest BCUT2D eigenvalue weighted by molar-refractivity contribution is 6.30. The predicted octanol–water partition coefficient (Wildman–Crippen LogP) is 2.74. The third-order valence-corrected chi connectivity index (χ3v) is 4.14. The van der Waals surface area contributed by atoms with E-state index in [1.807, 2.05) is 12.1 Å². The van der Waals surface area contributed by atoms with Gasteiger partial charge in [-0.05, 0) is 30.3 Å². The van der Waals surface area contributed by atoms with Crippen LogP contribution in [0.25, 0.3) is 0 Å². The number of amides is 1. The Balaban J connectivity index is 1.67. The molecule has 5 nitrogen and oxygen atoms in total. The van der Waals surface area contributed by atoms with Crippen molar-refractivity contribution in [2.24, 2.45) is 0 Å². The van der Waals surface area contributed by atoms with Gasteiger partial charge in [0.05, 0.1) is 25.5 Å². The van der Waals surface area contributed by atoms with Gasteiger partial charge in [-0.15, -0.1) is 0 Å². The lowest BCUT2D eigenvalue weighted by atomic mass is 10.1. The van der Waals surface area contributed by atoms with Crippen LogP contribution >= 0.6 is 11.6 Å². The van der Waals surface area contributed by atoms with Crippen LogP contribution in [-0.4, -0.2) is 43.7 Å². The Bertz CT molecular complexity index is 639. The zero-order valence-electron chi connectivity index (χ0n) is 12.7. The molecule has 122 valence electrons. The molecule has 3 rings (SSSR count). The molecule has 0 radical (unpaired) electrons. The fraction of sp³-hybridized carbons (Fsp3) is 0.353. The molecule has 0 unspecified atom stereocenters. The number of benzene rings is 1. The highest BCUT2D eigenvalue weighted by Crippen LogP contribution is 2.22.